The van der Waals surface area contributed by atoms with Gasteiger partial charge in [0.2, 0.25) is 5.95 Å². The summed E-state index contributed by atoms with van der Waals surface area (Å²) < 4.78 is 1.67. The van der Waals surface area contributed by atoms with Crippen molar-refractivity contribution in [2.75, 3.05) is 50.0 Å². The van der Waals surface area contributed by atoms with Crippen LogP contribution in [0, 0.1) is 0 Å². The van der Waals surface area contributed by atoms with Gasteiger partial charge in [0.05, 0.1) is 6.54 Å². The third-order valence-electron chi connectivity index (χ3n) is 7.37. The monoisotopic (exact) mass is 539 g/mol. The molecule has 0 radical (unpaired) electrons. The number of rotatable bonds is 6. The molecule has 8 nitrogen and oxygen atoms in total. The number of anilines is 3. The summed E-state index contributed by atoms with van der Waals surface area (Å²) in [4.78, 5) is 31.8. The van der Waals surface area contributed by atoms with Crippen LogP contribution in [-0.2, 0) is 6.54 Å². The van der Waals surface area contributed by atoms with E-state index in [0.29, 0.717) is 40.8 Å². The highest BCUT2D eigenvalue weighted by Gasteiger charge is 2.17. The summed E-state index contributed by atoms with van der Waals surface area (Å²) in [6, 6.07) is 15.9. The lowest BCUT2D eigenvalue weighted by atomic mass is 10.0. The van der Waals surface area contributed by atoms with Gasteiger partial charge in [-0.3, -0.25) is 14.4 Å². The standard InChI is InChI=1S/C30H30ClN7O/c1-3-38-28-22(16-26(29(38)39)25-9-4-20(17-27(25)31)21-10-11-32-18-21)19-33-30(35-28)34-23-5-7-24(8-6-23)37-14-12-36(2)13-15-37/h4-10,16-19H,3,11-15H2,1-2H3,(H,33,34,35). The summed E-state index contributed by atoms with van der Waals surface area (Å²) in [7, 11) is 2.16. The maximum atomic E-state index is 13.6. The SMILES string of the molecule is CCn1c(=O)c(-c2ccc(C3=CCN=C3)cc2Cl)cc2cnc(Nc3ccc(N4CCN(C)CC4)cc3)nc21. The van der Waals surface area contributed by atoms with Gasteiger partial charge in [-0.2, -0.15) is 4.98 Å². The van der Waals surface area contributed by atoms with E-state index in [1.165, 1.54) is 5.69 Å². The van der Waals surface area contributed by atoms with E-state index in [1.54, 1.807) is 10.8 Å². The van der Waals surface area contributed by atoms with Crippen LogP contribution in [0.1, 0.15) is 12.5 Å². The number of halogens is 1. The largest absolute Gasteiger partial charge is 0.369 e. The first-order valence-corrected chi connectivity index (χ1v) is 13.6. The van der Waals surface area contributed by atoms with E-state index < -0.39 is 0 Å². The van der Waals surface area contributed by atoms with E-state index in [4.69, 9.17) is 16.6 Å². The summed E-state index contributed by atoms with van der Waals surface area (Å²) >= 11 is 6.68. The minimum Gasteiger partial charge on any atom is -0.369 e. The Kier molecular flexibility index (Phi) is 6.89. The molecule has 0 spiro atoms. The van der Waals surface area contributed by atoms with E-state index in [9.17, 15) is 4.79 Å². The van der Waals surface area contributed by atoms with Crippen LogP contribution in [0.25, 0.3) is 27.7 Å². The highest BCUT2D eigenvalue weighted by Crippen LogP contribution is 2.31. The van der Waals surface area contributed by atoms with Gasteiger partial charge in [0.25, 0.3) is 5.56 Å². The zero-order valence-electron chi connectivity index (χ0n) is 22.1. The molecule has 2 aliphatic heterocycles. The van der Waals surface area contributed by atoms with Crippen molar-refractivity contribution in [3.8, 4) is 11.1 Å². The molecule has 1 fully saturated rings. The Morgan fingerprint density at radius 3 is 2.49 bits per heavy atom. The van der Waals surface area contributed by atoms with Crippen LogP contribution in [0.5, 0.6) is 0 Å². The van der Waals surface area contributed by atoms with Crippen LogP contribution < -0.4 is 15.8 Å². The van der Waals surface area contributed by atoms with Gasteiger partial charge < -0.3 is 15.1 Å². The maximum absolute atomic E-state index is 13.6. The zero-order valence-corrected chi connectivity index (χ0v) is 22.8. The van der Waals surface area contributed by atoms with Crippen molar-refractivity contribution < 1.29 is 0 Å². The molecule has 9 heteroatoms. The van der Waals surface area contributed by atoms with Gasteiger partial charge in [0.15, 0.2) is 0 Å². The molecule has 2 aliphatic rings. The van der Waals surface area contributed by atoms with Crippen LogP contribution in [-0.4, -0.2) is 65.4 Å². The second-order valence-electron chi connectivity index (χ2n) is 9.89. The molecule has 1 N–H and O–H groups in total. The van der Waals surface area contributed by atoms with Crippen LogP contribution >= 0.6 is 11.6 Å². The number of aromatic nitrogens is 3. The Morgan fingerprint density at radius 2 is 1.79 bits per heavy atom. The fourth-order valence-electron chi connectivity index (χ4n) is 5.12. The Hall–Kier alpha value is -4.01. The molecule has 0 bridgehead atoms. The lowest BCUT2D eigenvalue weighted by Gasteiger charge is -2.34. The Bertz CT molecular complexity index is 1650. The first kappa shape index (κ1) is 25.3. The average molecular weight is 540 g/mol. The Labute approximate surface area is 232 Å². The number of fused-ring (bicyclic) bond motifs is 1. The third-order valence-corrected chi connectivity index (χ3v) is 7.69. The number of hydrogen-bond acceptors (Lipinski definition) is 7. The molecule has 0 saturated carbocycles. The van der Waals surface area contributed by atoms with Gasteiger partial charge in [-0.15, -0.1) is 0 Å². The molecule has 39 heavy (non-hydrogen) atoms. The molecule has 1 saturated heterocycles. The van der Waals surface area contributed by atoms with Gasteiger partial charge in [-0.25, -0.2) is 4.98 Å². The molecule has 2 aromatic heterocycles. The first-order chi connectivity index (χ1) is 19.0. The number of piperazine rings is 1. The summed E-state index contributed by atoms with van der Waals surface area (Å²) in [6.45, 7) is 7.27. The molecule has 6 rings (SSSR count). The lowest BCUT2D eigenvalue weighted by molar-refractivity contribution is 0.313. The van der Waals surface area contributed by atoms with Gasteiger partial charge in [0, 0.05) is 78.0 Å². The molecule has 0 aliphatic carbocycles. The second-order valence-corrected chi connectivity index (χ2v) is 10.3. The normalized spacial score (nSPS) is 15.7. The number of pyridine rings is 1. The number of likely N-dealkylation sites (N-methyl/N-ethyl adjacent to an activating group) is 1. The van der Waals surface area contributed by atoms with Crippen molar-refractivity contribution in [1.82, 2.24) is 19.4 Å². The molecular weight excluding hydrogens is 510 g/mol. The van der Waals surface area contributed by atoms with E-state index in [1.807, 2.05) is 49.5 Å². The van der Waals surface area contributed by atoms with Gasteiger partial charge in [-0.1, -0.05) is 29.8 Å². The summed E-state index contributed by atoms with van der Waals surface area (Å²) in [5, 5.41) is 4.58. The number of aliphatic imine (C=N–C) groups is 1. The number of benzene rings is 2. The van der Waals surface area contributed by atoms with Crippen LogP contribution in [0.4, 0.5) is 17.3 Å². The van der Waals surface area contributed by atoms with Gasteiger partial charge in [-0.05, 0) is 61.5 Å². The predicted molar refractivity (Wildman–Crippen MR) is 161 cm³/mol. The fraction of sp³-hybridized carbons (Fsp3) is 0.267. The van der Waals surface area contributed by atoms with Crippen molar-refractivity contribution in [2.45, 2.75) is 13.5 Å². The first-order valence-electron chi connectivity index (χ1n) is 13.2. The molecule has 0 unspecified atom stereocenters. The number of allylic oxidation sites excluding steroid dienone is 1. The summed E-state index contributed by atoms with van der Waals surface area (Å²) in [5.74, 6) is 0.443. The van der Waals surface area contributed by atoms with E-state index in [2.05, 4.69) is 50.3 Å². The lowest BCUT2D eigenvalue weighted by Crippen LogP contribution is -2.44. The van der Waals surface area contributed by atoms with E-state index in [-0.39, 0.29) is 5.56 Å². The maximum Gasteiger partial charge on any atom is 0.260 e. The minimum absolute atomic E-state index is 0.137. The smallest absolute Gasteiger partial charge is 0.260 e. The zero-order chi connectivity index (χ0) is 26.9. The number of nitrogens with zero attached hydrogens (tertiary/aromatic N) is 6. The molecule has 198 valence electrons. The second kappa shape index (κ2) is 10.6. The van der Waals surface area contributed by atoms with E-state index >= 15 is 0 Å². The fourth-order valence-corrected chi connectivity index (χ4v) is 5.40. The highest BCUT2D eigenvalue weighted by molar-refractivity contribution is 6.33. The molecule has 0 amide bonds. The molecule has 4 aromatic rings. The minimum atomic E-state index is -0.137. The number of nitrogens with one attached hydrogen (secondary N) is 1. The van der Waals surface area contributed by atoms with Crippen molar-refractivity contribution in [3.63, 3.8) is 0 Å². The topological polar surface area (TPSA) is 78.7 Å². The van der Waals surface area contributed by atoms with Crippen molar-refractivity contribution in [2.24, 2.45) is 4.99 Å². The quantitative estimate of drug-likeness (QED) is 0.367. The summed E-state index contributed by atoms with van der Waals surface area (Å²) in [5.41, 5.74) is 5.78. The van der Waals surface area contributed by atoms with Crippen molar-refractivity contribution >= 4 is 51.7 Å². The molecular formula is C30H30ClN7O. The van der Waals surface area contributed by atoms with Gasteiger partial charge in [0.1, 0.15) is 5.65 Å². The average Bonchev–Trinajstić information content (AvgIpc) is 3.49. The van der Waals surface area contributed by atoms with Crippen LogP contribution in [0.15, 0.2) is 70.6 Å². The third kappa shape index (κ3) is 5.05. The number of hydrogen-bond donors (Lipinski definition) is 1. The van der Waals surface area contributed by atoms with Crippen LogP contribution in [0.2, 0.25) is 5.02 Å². The molecule has 2 aromatic carbocycles. The number of aryl methyl sites for hydroxylation is 1. The molecule has 0 atom stereocenters. The van der Waals surface area contributed by atoms with E-state index in [0.717, 1.165) is 48.4 Å². The van der Waals surface area contributed by atoms with Gasteiger partial charge >= 0.3 is 0 Å². The molecule has 4 heterocycles. The van der Waals surface area contributed by atoms with Crippen LogP contribution in [0.3, 0.4) is 0 Å². The van der Waals surface area contributed by atoms with Crippen molar-refractivity contribution in [1.29, 1.82) is 0 Å². The Morgan fingerprint density at radius 1 is 1.00 bits per heavy atom. The summed E-state index contributed by atoms with van der Waals surface area (Å²) in [6.07, 6.45) is 5.65. The predicted octanol–water partition coefficient (Wildman–Crippen LogP) is 5.10. The highest BCUT2D eigenvalue weighted by atomic mass is 35.5. The van der Waals surface area contributed by atoms with Crippen molar-refractivity contribution in [3.05, 3.63) is 81.7 Å². The Balaban J connectivity index is 1.28.